The minimum absolute atomic E-state index is 0.0503. The molecule has 7 nitrogen and oxygen atoms in total. The van der Waals surface area contributed by atoms with Crippen molar-refractivity contribution in [2.75, 3.05) is 32.2 Å². The zero-order chi connectivity index (χ0) is 26.3. The van der Waals surface area contributed by atoms with E-state index in [1.54, 1.807) is 30.3 Å². The summed E-state index contributed by atoms with van der Waals surface area (Å²) in [5, 5.41) is 0.213. The molecule has 0 aromatic heterocycles. The normalized spacial score (nSPS) is 12.0. The van der Waals surface area contributed by atoms with Gasteiger partial charge in [-0.3, -0.25) is 0 Å². The average Bonchev–Trinajstić information content (AvgIpc) is 2.87. The fourth-order valence-electron chi connectivity index (χ4n) is 3.46. The van der Waals surface area contributed by atoms with Crippen molar-refractivity contribution in [2.45, 2.75) is 17.9 Å². The molecule has 0 aliphatic rings. The molecule has 190 valence electrons. The van der Waals surface area contributed by atoms with E-state index in [1.807, 2.05) is 44.3 Å². The molecule has 0 spiro atoms. The molecule has 36 heavy (non-hydrogen) atoms. The van der Waals surface area contributed by atoms with Gasteiger partial charge >= 0.3 is 5.97 Å². The fraction of sp³-hybridized carbons (Fsp3) is 0.222. The van der Waals surface area contributed by atoms with Crippen LogP contribution in [0.2, 0.25) is 5.02 Å². The molecular formula is C27H29ClN2O5S. The Balaban J connectivity index is 1.79. The van der Waals surface area contributed by atoms with Crippen molar-refractivity contribution in [2.24, 2.45) is 0 Å². The number of likely N-dealkylation sites (N-methyl/N-ethyl adjacent to an activating group) is 1. The Labute approximate surface area is 217 Å². The van der Waals surface area contributed by atoms with Gasteiger partial charge in [0.15, 0.2) is 0 Å². The van der Waals surface area contributed by atoms with Crippen LogP contribution < -0.4 is 14.4 Å². The molecule has 0 fully saturated rings. The Hall–Kier alpha value is -3.33. The summed E-state index contributed by atoms with van der Waals surface area (Å²) in [6.07, 6.45) is 0. The highest BCUT2D eigenvalue weighted by Gasteiger charge is 2.29. The molecule has 0 bridgehead atoms. The topological polar surface area (TPSA) is 84.9 Å². The number of methoxy groups -OCH3 is 1. The van der Waals surface area contributed by atoms with Gasteiger partial charge in [-0.25, -0.2) is 13.2 Å². The number of anilines is 1. The third kappa shape index (κ3) is 6.87. The van der Waals surface area contributed by atoms with Crippen molar-refractivity contribution in [3.05, 3.63) is 101 Å². The van der Waals surface area contributed by atoms with Crippen LogP contribution in [0.15, 0.2) is 89.8 Å². The lowest BCUT2D eigenvalue weighted by Gasteiger charge is -2.22. The number of hydrogen-bond acceptors (Lipinski definition) is 6. The van der Waals surface area contributed by atoms with Crippen LogP contribution in [-0.2, 0) is 19.6 Å². The minimum atomic E-state index is -4.00. The third-order valence-electron chi connectivity index (χ3n) is 5.58. The molecule has 3 rings (SSSR count). The van der Waals surface area contributed by atoms with Crippen LogP contribution >= 0.6 is 11.6 Å². The fourth-order valence-corrected chi connectivity index (χ4v) is 4.95. The molecule has 1 N–H and O–H groups in total. The molecule has 0 aliphatic heterocycles. The number of nitrogens with zero attached hydrogens (tertiary/aromatic N) is 1. The molecule has 1 unspecified atom stereocenters. The quantitative estimate of drug-likeness (QED) is 0.281. The second-order valence-electron chi connectivity index (χ2n) is 8.17. The molecule has 0 radical (unpaired) electrons. The van der Waals surface area contributed by atoms with Gasteiger partial charge in [-0.1, -0.05) is 60.1 Å². The average molecular weight is 529 g/mol. The Morgan fingerprint density at radius 1 is 1.08 bits per heavy atom. The number of halogens is 1. The van der Waals surface area contributed by atoms with Crippen molar-refractivity contribution >= 4 is 33.3 Å². The van der Waals surface area contributed by atoms with Crippen LogP contribution in [0, 0.1) is 6.92 Å². The predicted molar refractivity (Wildman–Crippen MR) is 142 cm³/mol. The van der Waals surface area contributed by atoms with Crippen molar-refractivity contribution in [3.63, 3.8) is 0 Å². The third-order valence-corrected chi connectivity index (χ3v) is 7.34. The number of rotatable bonds is 11. The SMILES string of the molecule is C=C(C(=O)OC)C(NS(=O)(=O)c1ccc(C)cc1)c1ccc(OCCN(C)c2ccccc2)cc1Cl. The van der Waals surface area contributed by atoms with E-state index in [4.69, 9.17) is 21.1 Å². The molecule has 0 heterocycles. The Morgan fingerprint density at radius 3 is 2.36 bits per heavy atom. The van der Waals surface area contributed by atoms with E-state index in [0.29, 0.717) is 24.5 Å². The van der Waals surface area contributed by atoms with Gasteiger partial charge in [0.05, 0.1) is 30.2 Å². The molecule has 0 amide bonds. The van der Waals surface area contributed by atoms with E-state index in [0.717, 1.165) is 11.3 Å². The number of para-hydroxylation sites is 1. The largest absolute Gasteiger partial charge is 0.492 e. The molecule has 1 atom stereocenters. The number of esters is 1. The lowest BCUT2D eigenvalue weighted by Crippen LogP contribution is -2.32. The van der Waals surface area contributed by atoms with Crippen LogP contribution in [-0.4, -0.2) is 41.7 Å². The zero-order valence-corrected chi connectivity index (χ0v) is 22.0. The van der Waals surface area contributed by atoms with Crippen LogP contribution in [0.5, 0.6) is 5.75 Å². The first kappa shape index (κ1) is 27.3. The van der Waals surface area contributed by atoms with Crippen LogP contribution in [0.4, 0.5) is 5.69 Å². The number of ether oxygens (including phenoxy) is 2. The lowest BCUT2D eigenvalue weighted by atomic mass is 10.0. The van der Waals surface area contributed by atoms with Gasteiger partial charge in [0, 0.05) is 17.8 Å². The van der Waals surface area contributed by atoms with Gasteiger partial charge in [-0.2, -0.15) is 4.72 Å². The number of sulfonamides is 1. The van der Waals surface area contributed by atoms with Gasteiger partial charge in [-0.15, -0.1) is 0 Å². The van der Waals surface area contributed by atoms with E-state index >= 15 is 0 Å². The molecule has 3 aromatic rings. The number of hydrogen-bond donors (Lipinski definition) is 1. The highest BCUT2D eigenvalue weighted by atomic mass is 35.5. The predicted octanol–water partition coefficient (Wildman–Crippen LogP) is 4.91. The summed E-state index contributed by atoms with van der Waals surface area (Å²) in [4.78, 5) is 14.4. The molecule has 9 heteroatoms. The maximum absolute atomic E-state index is 13.1. The maximum atomic E-state index is 13.1. The highest BCUT2D eigenvalue weighted by molar-refractivity contribution is 7.89. The standard InChI is InChI=1S/C27H29ClN2O5S/c1-19-10-13-23(14-11-19)36(32,33)29-26(20(2)27(31)34-4)24-15-12-22(18-25(24)28)35-17-16-30(3)21-8-6-5-7-9-21/h5-15,18,26,29H,2,16-17H2,1,3-4H3. The second-order valence-corrected chi connectivity index (χ2v) is 10.3. The first-order chi connectivity index (χ1) is 17.1. The molecule has 0 aliphatic carbocycles. The van der Waals surface area contributed by atoms with E-state index in [2.05, 4.69) is 16.2 Å². The summed E-state index contributed by atoms with van der Waals surface area (Å²) in [5.74, 6) is -0.249. The smallest absolute Gasteiger partial charge is 0.335 e. The van der Waals surface area contributed by atoms with Gasteiger partial charge in [-0.05, 0) is 48.9 Å². The Bertz CT molecular complexity index is 1310. The van der Waals surface area contributed by atoms with Crippen molar-refractivity contribution < 1.29 is 22.7 Å². The number of carbonyl (C=O) groups excluding carboxylic acids is 1. The monoisotopic (exact) mass is 528 g/mol. The number of carbonyl (C=O) groups is 1. The van der Waals surface area contributed by atoms with Gasteiger partial charge in [0.1, 0.15) is 12.4 Å². The molecule has 0 saturated carbocycles. The van der Waals surface area contributed by atoms with Crippen molar-refractivity contribution in [3.8, 4) is 5.75 Å². The van der Waals surface area contributed by atoms with Crippen LogP contribution in [0.3, 0.4) is 0 Å². The van der Waals surface area contributed by atoms with Gasteiger partial charge in [0.2, 0.25) is 10.0 Å². The first-order valence-corrected chi connectivity index (χ1v) is 13.0. The number of aryl methyl sites for hydroxylation is 1. The molecular weight excluding hydrogens is 500 g/mol. The van der Waals surface area contributed by atoms with Crippen LogP contribution in [0.1, 0.15) is 17.2 Å². The van der Waals surface area contributed by atoms with Gasteiger partial charge in [0.25, 0.3) is 0 Å². The Morgan fingerprint density at radius 2 is 1.75 bits per heavy atom. The highest BCUT2D eigenvalue weighted by Crippen LogP contribution is 2.32. The Kier molecular flexibility index (Phi) is 9.14. The van der Waals surface area contributed by atoms with E-state index in [9.17, 15) is 13.2 Å². The van der Waals surface area contributed by atoms with E-state index < -0.39 is 22.0 Å². The summed E-state index contributed by atoms with van der Waals surface area (Å²) in [5.41, 5.74) is 2.22. The van der Waals surface area contributed by atoms with E-state index in [-0.39, 0.29) is 15.5 Å². The minimum Gasteiger partial charge on any atom is -0.492 e. The van der Waals surface area contributed by atoms with Crippen molar-refractivity contribution in [1.29, 1.82) is 0 Å². The summed E-state index contributed by atoms with van der Waals surface area (Å²) in [7, 11) is -0.833. The number of nitrogens with one attached hydrogen (secondary N) is 1. The summed E-state index contributed by atoms with van der Waals surface area (Å²) >= 11 is 6.53. The summed E-state index contributed by atoms with van der Waals surface area (Å²) in [6, 6.07) is 20.0. The summed E-state index contributed by atoms with van der Waals surface area (Å²) in [6.45, 7) is 6.66. The lowest BCUT2D eigenvalue weighted by molar-refractivity contribution is -0.136. The summed E-state index contributed by atoms with van der Waals surface area (Å²) < 4.78 is 39.3. The molecule has 3 aromatic carbocycles. The maximum Gasteiger partial charge on any atom is 0.335 e. The van der Waals surface area contributed by atoms with Crippen LogP contribution in [0.25, 0.3) is 0 Å². The first-order valence-electron chi connectivity index (χ1n) is 11.2. The molecule has 0 saturated heterocycles. The van der Waals surface area contributed by atoms with E-state index in [1.165, 1.54) is 19.2 Å². The second kappa shape index (κ2) is 12.1. The van der Waals surface area contributed by atoms with Crippen molar-refractivity contribution in [1.82, 2.24) is 4.72 Å². The van der Waals surface area contributed by atoms with Gasteiger partial charge < -0.3 is 14.4 Å². The zero-order valence-electron chi connectivity index (χ0n) is 20.4. The number of benzene rings is 3.